The average Bonchev–Trinajstić information content (AvgIpc) is 2.37. The number of Topliss-reactive ketones (excluding diaryl/α,β-unsaturated/α-hetero) is 2. The van der Waals surface area contributed by atoms with Gasteiger partial charge < -0.3 is 10.2 Å². The second kappa shape index (κ2) is 4.63. The third-order valence-corrected chi connectivity index (χ3v) is 4.94. The van der Waals surface area contributed by atoms with Crippen LogP contribution in [0, 0.1) is 23.2 Å². The molecule has 0 saturated heterocycles. The van der Waals surface area contributed by atoms with Gasteiger partial charge in [-0.05, 0) is 33.3 Å². The molecular formula is C16H20O5. The number of hydrogen-bond donors (Lipinski definition) is 2. The molecule has 2 rings (SSSR count). The van der Waals surface area contributed by atoms with Gasteiger partial charge in [0.1, 0.15) is 11.4 Å². The molecule has 21 heavy (non-hydrogen) atoms. The molecule has 2 aliphatic carbocycles. The minimum Gasteiger partial charge on any atom is -0.481 e. The summed E-state index contributed by atoms with van der Waals surface area (Å²) in [4.78, 5) is 35.8. The van der Waals surface area contributed by atoms with E-state index in [2.05, 4.69) is 0 Å². The number of ketones is 2. The minimum absolute atomic E-state index is 0.185. The summed E-state index contributed by atoms with van der Waals surface area (Å²) in [6.07, 6.45) is 4.63. The highest BCUT2D eigenvalue weighted by Gasteiger charge is 2.58. The fourth-order valence-electron chi connectivity index (χ4n) is 3.60. The quantitative estimate of drug-likeness (QED) is 0.750. The van der Waals surface area contributed by atoms with Gasteiger partial charge in [0.25, 0.3) is 0 Å². The number of carboxylic acid groups (broad SMARTS) is 1. The van der Waals surface area contributed by atoms with Crippen molar-refractivity contribution in [1.29, 1.82) is 0 Å². The predicted molar refractivity (Wildman–Crippen MR) is 75.4 cm³/mol. The normalized spacial score (nSPS) is 42.2. The van der Waals surface area contributed by atoms with Crippen molar-refractivity contribution >= 4 is 17.5 Å². The molecule has 5 atom stereocenters. The van der Waals surface area contributed by atoms with Gasteiger partial charge in [-0.1, -0.05) is 18.2 Å². The maximum absolute atomic E-state index is 12.2. The lowest BCUT2D eigenvalue weighted by atomic mass is 9.54. The Morgan fingerprint density at radius 3 is 2.33 bits per heavy atom. The van der Waals surface area contributed by atoms with Gasteiger partial charge in [-0.25, -0.2) is 0 Å². The highest BCUT2D eigenvalue weighted by Crippen LogP contribution is 2.51. The number of carboxylic acids is 1. The second-order valence-corrected chi connectivity index (χ2v) is 6.46. The molecule has 0 aromatic rings. The van der Waals surface area contributed by atoms with Crippen molar-refractivity contribution in [3.63, 3.8) is 0 Å². The van der Waals surface area contributed by atoms with Gasteiger partial charge in [0.15, 0.2) is 5.78 Å². The van der Waals surface area contributed by atoms with Crippen LogP contribution >= 0.6 is 0 Å². The average molecular weight is 292 g/mol. The highest BCUT2D eigenvalue weighted by atomic mass is 16.4. The van der Waals surface area contributed by atoms with Crippen LogP contribution in [-0.2, 0) is 14.4 Å². The summed E-state index contributed by atoms with van der Waals surface area (Å²) < 4.78 is 0. The van der Waals surface area contributed by atoms with Crippen LogP contribution < -0.4 is 0 Å². The Morgan fingerprint density at radius 1 is 1.29 bits per heavy atom. The Kier molecular flexibility index (Phi) is 3.45. The van der Waals surface area contributed by atoms with E-state index < -0.39 is 40.5 Å². The molecule has 5 nitrogen and oxygen atoms in total. The summed E-state index contributed by atoms with van der Waals surface area (Å²) in [6, 6.07) is 0. The molecule has 0 aliphatic heterocycles. The van der Waals surface area contributed by atoms with Crippen LogP contribution in [0.5, 0.6) is 0 Å². The highest BCUT2D eigenvalue weighted by molar-refractivity contribution is 6.03. The van der Waals surface area contributed by atoms with E-state index >= 15 is 0 Å². The van der Waals surface area contributed by atoms with Crippen molar-refractivity contribution < 1.29 is 24.6 Å². The minimum atomic E-state index is -1.75. The van der Waals surface area contributed by atoms with Gasteiger partial charge in [-0.3, -0.25) is 14.4 Å². The van der Waals surface area contributed by atoms with E-state index in [1.54, 1.807) is 19.9 Å². The van der Waals surface area contributed by atoms with Crippen LogP contribution in [0.15, 0.2) is 23.8 Å². The number of aliphatic hydroxyl groups is 1. The number of carbonyl (C=O) groups is 3. The fraction of sp³-hybridized carbons (Fsp3) is 0.562. The van der Waals surface area contributed by atoms with Crippen LogP contribution in [0.25, 0.3) is 0 Å². The molecular weight excluding hydrogens is 272 g/mol. The number of aliphatic carboxylic acids is 1. The van der Waals surface area contributed by atoms with Crippen LogP contribution in [0.3, 0.4) is 0 Å². The SMILES string of the molecule is CC(=O)[C@@H]1C=C[C@@](C)(C(=O)O)[C@H]2C=C(C)C(=O)[C@](C)(O)[C@@H]12. The van der Waals surface area contributed by atoms with Crippen molar-refractivity contribution in [2.45, 2.75) is 33.3 Å². The zero-order valence-electron chi connectivity index (χ0n) is 12.6. The summed E-state index contributed by atoms with van der Waals surface area (Å²) in [5.74, 6) is -3.71. The van der Waals surface area contributed by atoms with Crippen molar-refractivity contribution in [3.05, 3.63) is 23.8 Å². The molecule has 0 aromatic carbocycles. The maximum Gasteiger partial charge on any atom is 0.313 e. The molecule has 5 heteroatoms. The Bertz CT molecular complexity index is 583. The standard InChI is InChI=1S/C16H20O5/c1-8-7-11-12(16(4,21)13(8)18)10(9(2)17)5-6-15(11,3)14(19)20/h5-7,10-12,21H,1-4H3,(H,19,20)/t10-,11-,12-,15+,16+/m0/s1. The summed E-state index contributed by atoms with van der Waals surface area (Å²) in [7, 11) is 0. The van der Waals surface area contributed by atoms with E-state index in [1.165, 1.54) is 26.0 Å². The lowest BCUT2D eigenvalue weighted by Gasteiger charge is -2.49. The number of hydrogen-bond acceptors (Lipinski definition) is 4. The Hall–Kier alpha value is -1.75. The molecule has 0 amide bonds. The lowest BCUT2D eigenvalue weighted by Crippen LogP contribution is -2.58. The molecule has 0 saturated carbocycles. The van der Waals surface area contributed by atoms with Crippen LogP contribution in [0.4, 0.5) is 0 Å². The number of rotatable bonds is 2. The summed E-state index contributed by atoms with van der Waals surface area (Å²) in [5, 5.41) is 20.2. The molecule has 0 fully saturated rings. The van der Waals surface area contributed by atoms with Gasteiger partial charge in [-0.15, -0.1) is 0 Å². The predicted octanol–water partition coefficient (Wildman–Crippen LogP) is 1.36. The number of carbonyl (C=O) groups excluding carboxylic acids is 2. The van der Waals surface area contributed by atoms with E-state index in [-0.39, 0.29) is 5.78 Å². The van der Waals surface area contributed by atoms with Crippen LogP contribution in [0.1, 0.15) is 27.7 Å². The fourth-order valence-corrected chi connectivity index (χ4v) is 3.60. The summed E-state index contributed by atoms with van der Waals surface area (Å²) >= 11 is 0. The third-order valence-electron chi connectivity index (χ3n) is 4.94. The maximum atomic E-state index is 12.2. The van der Waals surface area contributed by atoms with Gasteiger partial charge in [-0.2, -0.15) is 0 Å². The van der Waals surface area contributed by atoms with Gasteiger partial charge in [0.2, 0.25) is 0 Å². The Balaban J connectivity index is 2.71. The first-order valence-corrected chi connectivity index (χ1v) is 6.92. The van der Waals surface area contributed by atoms with Crippen molar-refractivity contribution in [3.8, 4) is 0 Å². The Labute approximate surface area is 123 Å². The largest absolute Gasteiger partial charge is 0.481 e. The van der Waals surface area contributed by atoms with E-state index in [4.69, 9.17) is 0 Å². The van der Waals surface area contributed by atoms with Crippen molar-refractivity contribution in [2.24, 2.45) is 23.2 Å². The second-order valence-electron chi connectivity index (χ2n) is 6.46. The third kappa shape index (κ3) is 2.07. The summed E-state index contributed by atoms with van der Waals surface area (Å²) in [6.45, 7) is 5.88. The van der Waals surface area contributed by atoms with Crippen LogP contribution in [-0.4, -0.2) is 33.3 Å². The van der Waals surface area contributed by atoms with Crippen molar-refractivity contribution in [2.75, 3.05) is 0 Å². The zero-order chi connectivity index (χ0) is 16.2. The molecule has 2 aliphatic rings. The molecule has 114 valence electrons. The van der Waals surface area contributed by atoms with Crippen LogP contribution in [0.2, 0.25) is 0 Å². The van der Waals surface area contributed by atoms with E-state index in [9.17, 15) is 24.6 Å². The molecule has 0 heterocycles. The molecule has 2 N–H and O–H groups in total. The molecule has 0 spiro atoms. The first-order chi connectivity index (χ1) is 9.53. The smallest absolute Gasteiger partial charge is 0.313 e. The molecule has 0 aromatic heterocycles. The van der Waals surface area contributed by atoms with E-state index in [0.717, 1.165) is 0 Å². The first kappa shape index (κ1) is 15.6. The zero-order valence-corrected chi connectivity index (χ0v) is 12.6. The molecule has 0 bridgehead atoms. The number of fused-ring (bicyclic) bond motifs is 1. The Morgan fingerprint density at radius 2 is 1.86 bits per heavy atom. The first-order valence-electron chi connectivity index (χ1n) is 6.92. The van der Waals surface area contributed by atoms with E-state index in [0.29, 0.717) is 5.57 Å². The van der Waals surface area contributed by atoms with Crippen molar-refractivity contribution in [1.82, 2.24) is 0 Å². The topological polar surface area (TPSA) is 91.7 Å². The van der Waals surface area contributed by atoms with Gasteiger partial charge in [0.05, 0.1) is 5.41 Å². The van der Waals surface area contributed by atoms with Gasteiger partial charge in [0, 0.05) is 17.8 Å². The lowest BCUT2D eigenvalue weighted by molar-refractivity contribution is -0.160. The monoisotopic (exact) mass is 292 g/mol. The molecule has 0 radical (unpaired) electrons. The summed E-state index contributed by atoms with van der Waals surface area (Å²) in [5.41, 5.74) is -2.66. The van der Waals surface area contributed by atoms with E-state index in [1.807, 2.05) is 0 Å². The number of allylic oxidation sites excluding steroid dienone is 2. The van der Waals surface area contributed by atoms with Gasteiger partial charge >= 0.3 is 5.97 Å². The molecule has 0 unspecified atom stereocenters.